The summed E-state index contributed by atoms with van der Waals surface area (Å²) in [4.78, 5) is 12.8. The molecule has 2 rings (SSSR count). The molecule has 0 heterocycles. The summed E-state index contributed by atoms with van der Waals surface area (Å²) >= 11 is 0. The average molecular weight is 403 g/mol. The summed E-state index contributed by atoms with van der Waals surface area (Å²) in [7, 11) is -3.61. The molecule has 152 valence electrons. The smallest absolute Gasteiger partial charge is 0.243 e. The van der Waals surface area contributed by atoms with Crippen LogP contribution in [-0.2, 0) is 21.2 Å². The van der Waals surface area contributed by atoms with Gasteiger partial charge < -0.3 is 5.32 Å². The number of nitrogens with one attached hydrogen (secondary N) is 1. The summed E-state index contributed by atoms with van der Waals surface area (Å²) in [6, 6.07) is 14.9. The van der Waals surface area contributed by atoms with E-state index in [1.54, 1.807) is 0 Å². The highest BCUT2D eigenvalue weighted by Crippen LogP contribution is 2.27. The zero-order valence-corrected chi connectivity index (χ0v) is 17.9. The fourth-order valence-electron chi connectivity index (χ4n) is 3.26. The summed E-state index contributed by atoms with van der Waals surface area (Å²) in [5, 5.41) is 2.92. The predicted octanol–water partition coefficient (Wildman–Crippen LogP) is 3.60. The Bertz CT molecular complexity index is 895. The van der Waals surface area contributed by atoms with Crippen LogP contribution >= 0.6 is 0 Å². The molecule has 0 radical (unpaired) electrons. The van der Waals surface area contributed by atoms with E-state index in [0.717, 1.165) is 30.2 Å². The van der Waals surface area contributed by atoms with Crippen LogP contribution in [0.1, 0.15) is 36.5 Å². The first-order valence-corrected chi connectivity index (χ1v) is 11.5. The van der Waals surface area contributed by atoms with Crippen LogP contribution < -0.4 is 9.62 Å². The summed E-state index contributed by atoms with van der Waals surface area (Å²) in [6.45, 7) is 6.11. The molecule has 5 nitrogen and oxygen atoms in total. The van der Waals surface area contributed by atoms with Crippen molar-refractivity contribution >= 4 is 21.6 Å². The topological polar surface area (TPSA) is 66.5 Å². The van der Waals surface area contributed by atoms with E-state index in [2.05, 4.69) is 17.4 Å². The molecule has 2 aromatic carbocycles. The number of hydrogen-bond acceptors (Lipinski definition) is 3. The van der Waals surface area contributed by atoms with Crippen molar-refractivity contribution in [3.8, 4) is 0 Å². The third kappa shape index (κ3) is 5.83. The van der Waals surface area contributed by atoms with Gasteiger partial charge in [0.2, 0.25) is 15.9 Å². The predicted molar refractivity (Wildman–Crippen MR) is 115 cm³/mol. The van der Waals surface area contributed by atoms with E-state index in [0.29, 0.717) is 18.7 Å². The van der Waals surface area contributed by atoms with Crippen LogP contribution in [0.3, 0.4) is 0 Å². The minimum atomic E-state index is -3.61. The molecule has 0 spiro atoms. The Kier molecular flexibility index (Phi) is 7.63. The third-order valence-corrected chi connectivity index (χ3v) is 5.88. The first kappa shape index (κ1) is 22.0. The van der Waals surface area contributed by atoms with E-state index >= 15 is 0 Å². The summed E-state index contributed by atoms with van der Waals surface area (Å²) in [5.74, 6) is -0.262. The lowest BCUT2D eigenvalue weighted by Gasteiger charge is -2.31. The van der Waals surface area contributed by atoms with Crippen molar-refractivity contribution in [2.24, 2.45) is 0 Å². The highest BCUT2D eigenvalue weighted by atomic mass is 32.2. The standard InChI is InChI=1S/C22H30N2O3S/c1-5-20(22(25)23-15-9-12-19-10-7-6-8-11-19)24(28(4,26)27)21-16-17(2)13-14-18(21)3/h6-8,10-11,13-14,16,20H,5,9,12,15H2,1-4H3,(H,23,25)/t20-/m1/s1. The zero-order chi connectivity index (χ0) is 20.7. The summed E-state index contributed by atoms with van der Waals surface area (Å²) in [5.41, 5.74) is 3.56. The molecule has 0 aliphatic heterocycles. The summed E-state index contributed by atoms with van der Waals surface area (Å²) in [6.07, 6.45) is 3.21. The number of benzene rings is 2. The monoisotopic (exact) mass is 402 g/mol. The second kappa shape index (κ2) is 9.73. The number of rotatable bonds is 9. The average Bonchev–Trinajstić information content (AvgIpc) is 2.65. The second-order valence-corrected chi connectivity index (χ2v) is 9.01. The first-order valence-electron chi connectivity index (χ1n) is 9.62. The number of carbonyl (C=O) groups is 1. The van der Waals surface area contributed by atoms with Crippen LogP contribution in [0, 0.1) is 13.8 Å². The molecule has 0 aliphatic carbocycles. The van der Waals surface area contributed by atoms with E-state index in [1.807, 2.05) is 57.2 Å². The molecular weight excluding hydrogens is 372 g/mol. The van der Waals surface area contributed by atoms with Gasteiger partial charge in [-0.15, -0.1) is 0 Å². The minimum Gasteiger partial charge on any atom is -0.354 e. The Morgan fingerprint density at radius 1 is 1.11 bits per heavy atom. The maximum atomic E-state index is 12.8. The first-order chi connectivity index (χ1) is 13.2. The lowest BCUT2D eigenvalue weighted by atomic mass is 10.1. The Labute approximate surface area is 168 Å². The molecule has 0 fully saturated rings. The molecule has 1 N–H and O–H groups in total. The molecule has 0 aliphatic rings. The number of aryl methyl sites for hydroxylation is 3. The van der Waals surface area contributed by atoms with Crippen molar-refractivity contribution in [1.82, 2.24) is 5.32 Å². The van der Waals surface area contributed by atoms with Gasteiger partial charge in [0.05, 0.1) is 11.9 Å². The van der Waals surface area contributed by atoms with Crippen LogP contribution in [0.4, 0.5) is 5.69 Å². The fourth-order valence-corrected chi connectivity index (χ4v) is 4.52. The molecule has 0 unspecified atom stereocenters. The van der Waals surface area contributed by atoms with Crippen molar-refractivity contribution < 1.29 is 13.2 Å². The van der Waals surface area contributed by atoms with E-state index in [1.165, 1.54) is 9.87 Å². The molecule has 0 saturated heterocycles. The van der Waals surface area contributed by atoms with Gasteiger partial charge in [0.15, 0.2) is 0 Å². The number of sulfonamides is 1. The fraction of sp³-hybridized carbons (Fsp3) is 0.409. The molecular formula is C22H30N2O3S. The Hall–Kier alpha value is -2.34. The lowest BCUT2D eigenvalue weighted by Crippen LogP contribution is -2.49. The molecule has 2 aromatic rings. The van der Waals surface area contributed by atoms with Gasteiger partial charge >= 0.3 is 0 Å². The van der Waals surface area contributed by atoms with E-state index in [4.69, 9.17) is 0 Å². The maximum absolute atomic E-state index is 12.8. The SMILES string of the molecule is CC[C@H](C(=O)NCCCc1ccccc1)N(c1cc(C)ccc1C)S(C)(=O)=O. The van der Waals surface area contributed by atoms with Crippen LogP contribution in [-0.4, -0.2) is 33.2 Å². The highest BCUT2D eigenvalue weighted by Gasteiger charge is 2.32. The van der Waals surface area contributed by atoms with Crippen LogP contribution in [0.15, 0.2) is 48.5 Å². The Morgan fingerprint density at radius 2 is 1.79 bits per heavy atom. The van der Waals surface area contributed by atoms with E-state index in [-0.39, 0.29) is 5.91 Å². The molecule has 0 aromatic heterocycles. The van der Waals surface area contributed by atoms with E-state index < -0.39 is 16.1 Å². The van der Waals surface area contributed by atoms with Gasteiger partial charge in [-0.1, -0.05) is 49.4 Å². The molecule has 1 atom stereocenters. The van der Waals surface area contributed by atoms with Gasteiger partial charge in [-0.25, -0.2) is 8.42 Å². The zero-order valence-electron chi connectivity index (χ0n) is 17.1. The van der Waals surface area contributed by atoms with Gasteiger partial charge in [0.1, 0.15) is 6.04 Å². The van der Waals surface area contributed by atoms with Gasteiger partial charge in [-0.2, -0.15) is 0 Å². The number of carbonyl (C=O) groups excluding carboxylic acids is 1. The summed E-state index contributed by atoms with van der Waals surface area (Å²) < 4.78 is 26.4. The van der Waals surface area contributed by atoms with Crippen molar-refractivity contribution in [3.63, 3.8) is 0 Å². The molecule has 28 heavy (non-hydrogen) atoms. The van der Waals surface area contributed by atoms with Crippen molar-refractivity contribution in [2.75, 3.05) is 17.1 Å². The quantitative estimate of drug-likeness (QED) is 0.652. The van der Waals surface area contributed by atoms with Gasteiger partial charge in [0.25, 0.3) is 0 Å². The van der Waals surface area contributed by atoms with Crippen molar-refractivity contribution in [3.05, 3.63) is 65.2 Å². The third-order valence-electron chi connectivity index (χ3n) is 4.72. The second-order valence-electron chi connectivity index (χ2n) is 7.15. The molecule has 6 heteroatoms. The highest BCUT2D eigenvalue weighted by molar-refractivity contribution is 7.92. The largest absolute Gasteiger partial charge is 0.354 e. The Morgan fingerprint density at radius 3 is 2.39 bits per heavy atom. The van der Waals surface area contributed by atoms with Crippen LogP contribution in [0.5, 0.6) is 0 Å². The van der Waals surface area contributed by atoms with Gasteiger partial charge in [0, 0.05) is 6.54 Å². The number of amides is 1. The van der Waals surface area contributed by atoms with Crippen molar-refractivity contribution in [2.45, 2.75) is 46.1 Å². The maximum Gasteiger partial charge on any atom is 0.243 e. The van der Waals surface area contributed by atoms with Gasteiger partial charge in [-0.05, 0) is 55.9 Å². The number of hydrogen-bond donors (Lipinski definition) is 1. The molecule has 0 bridgehead atoms. The minimum absolute atomic E-state index is 0.262. The normalized spacial score (nSPS) is 12.4. The number of nitrogens with zero attached hydrogens (tertiary/aromatic N) is 1. The van der Waals surface area contributed by atoms with E-state index in [9.17, 15) is 13.2 Å². The van der Waals surface area contributed by atoms with Crippen molar-refractivity contribution in [1.29, 1.82) is 0 Å². The van der Waals surface area contributed by atoms with Gasteiger partial charge in [-0.3, -0.25) is 9.10 Å². The Balaban J connectivity index is 2.12. The molecule has 0 saturated carbocycles. The van der Waals surface area contributed by atoms with Crippen LogP contribution in [0.25, 0.3) is 0 Å². The number of anilines is 1. The molecule has 1 amide bonds. The lowest BCUT2D eigenvalue weighted by molar-refractivity contribution is -0.122. The van der Waals surface area contributed by atoms with Crippen LogP contribution in [0.2, 0.25) is 0 Å².